The van der Waals surface area contributed by atoms with E-state index in [1.54, 1.807) is 24.4 Å². The maximum atomic E-state index is 12.1. The van der Waals surface area contributed by atoms with Crippen LogP contribution in [0.2, 0.25) is 0 Å². The van der Waals surface area contributed by atoms with Crippen molar-refractivity contribution in [3.05, 3.63) is 40.3 Å². The van der Waals surface area contributed by atoms with Gasteiger partial charge in [-0.05, 0) is 45.9 Å². The Morgan fingerprint density at radius 3 is 2.80 bits per heavy atom. The van der Waals surface area contributed by atoms with Crippen molar-refractivity contribution in [1.29, 1.82) is 0 Å². The molecule has 0 unspecified atom stereocenters. The maximum Gasteiger partial charge on any atom is 0.253 e. The lowest BCUT2D eigenvalue weighted by molar-refractivity contribution is 0.530. The van der Waals surface area contributed by atoms with Gasteiger partial charge in [-0.15, -0.1) is 4.72 Å². The summed E-state index contributed by atoms with van der Waals surface area (Å²) in [6.07, 6.45) is 1.68. The normalized spacial score (nSPS) is 15.2. The lowest BCUT2D eigenvalue weighted by Gasteiger charge is -2.26. The standard InChI is InChI=1S/C14H19N3O2S/c1-9(17-20(19)14(2,3)4)10-8-12-11(16-13(10)18)6-5-7-15-12/h5-9,17H,1-4H3,(H,16,18)/t9-,20+/m0/s1. The molecule has 108 valence electrons. The molecule has 0 amide bonds. The van der Waals surface area contributed by atoms with Gasteiger partial charge in [-0.25, -0.2) is 0 Å². The van der Waals surface area contributed by atoms with Gasteiger partial charge in [0.1, 0.15) is 4.75 Å². The van der Waals surface area contributed by atoms with E-state index in [4.69, 9.17) is 0 Å². The molecule has 2 aromatic heterocycles. The molecule has 0 radical (unpaired) electrons. The highest BCUT2D eigenvalue weighted by atomic mass is 32.2. The first-order chi connectivity index (χ1) is 9.29. The summed E-state index contributed by atoms with van der Waals surface area (Å²) >= 11 is -1.23. The summed E-state index contributed by atoms with van der Waals surface area (Å²) in [4.78, 5) is 19.1. The second kappa shape index (κ2) is 5.55. The van der Waals surface area contributed by atoms with Crippen LogP contribution in [-0.4, -0.2) is 19.3 Å². The third kappa shape index (κ3) is 3.20. The lowest BCUT2D eigenvalue weighted by Crippen LogP contribution is -2.41. The first kappa shape index (κ1) is 15.0. The minimum Gasteiger partial charge on any atom is -0.598 e. The van der Waals surface area contributed by atoms with E-state index >= 15 is 0 Å². The summed E-state index contributed by atoms with van der Waals surface area (Å²) in [7, 11) is 0. The first-order valence-electron chi connectivity index (χ1n) is 6.45. The molecule has 20 heavy (non-hydrogen) atoms. The van der Waals surface area contributed by atoms with Crippen LogP contribution in [0.25, 0.3) is 11.0 Å². The highest BCUT2D eigenvalue weighted by Gasteiger charge is 2.29. The van der Waals surface area contributed by atoms with Crippen molar-refractivity contribution in [2.45, 2.75) is 38.5 Å². The van der Waals surface area contributed by atoms with E-state index in [1.165, 1.54) is 0 Å². The smallest absolute Gasteiger partial charge is 0.253 e. The number of hydrogen-bond donors (Lipinski definition) is 2. The molecule has 0 saturated heterocycles. The van der Waals surface area contributed by atoms with Crippen molar-refractivity contribution in [1.82, 2.24) is 14.7 Å². The summed E-state index contributed by atoms with van der Waals surface area (Å²) in [6, 6.07) is 5.00. The molecule has 0 fully saturated rings. The summed E-state index contributed by atoms with van der Waals surface area (Å²) in [5, 5.41) is 0. The zero-order chi connectivity index (χ0) is 14.9. The van der Waals surface area contributed by atoms with Gasteiger partial charge in [0.2, 0.25) is 0 Å². The predicted octanol–water partition coefficient (Wildman–Crippen LogP) is 2.04. The Bertz CT molecular complexity index is 663. The number of nitrogens with one attached hydrogen (secondary N) is 2. The van der Waals surface area contributed by atoms with Crippen LogP contribution in [0.4, 0.5) is 0 Å². The number of hydrogen-bond acceptors (Lipinski definition) is 4. The number of rotatable bonds is 3. The van der Waals surface area contributed by atoms with Crippen LogP contribution in [0, 0.1) is 0 Å². The van der Waals surface area contributed by atoms with Gasteiger partial charge < -0.3 is 9.54 Å². The molecule has 0 aromatic carbocycles. The van der Waals surface area contributed by atoms with Gasteiger partial charge in [0.05, 0.1) is 17.1 Å². The van der Waals surface area contributed by atoms with Gasteiger partial charge >= 0.3 is 0 Å². The molecule has 2 atom stereocenters. The fraction of sp³-hybridized carbons (Fsp3) is 0.429. The molecule has 0 aliphatic heterocycles. The van der Waals surface area contributed by atoms with Gasteiger partial charge in [-0.2, -0.15) is 0 Å². The van der Waals surface area contributed by atoms with Crippen molar-refractivity contribution >= 4 is 22.4 Å². The van der Waals surface area contributed by atoms with Crippen molar-refractivity contribution in [2.24, 2.45) is 0 Å². The molecular weight excluding hydrogens is 274 g/mol. The van der Waals surface area contributed by atoms with Crippen LogP contribution >= 0.6 is 0 Å². The molecule has 0 aliphatic rings. The van der Waals surface area contributed by atoms with E-state index in [0.717, 1.165) is 5.52 Å². The number of pyridine rings is 2. The van der Waals surface area contributed by atoms with Gasteiger partial charge in [0.25, 0.3) is 5.56 Å². The van der Waals surface area contributed by atoms with Gasteiger partial charge in [-0.3, -0.25) is 9.78 Å². The average Bonchev–Trinajstić information content (AvgIpc) is 2.36. The summed E-state index contributed by atoms with van der Waals surface area (Å²) in [5.41, 5.74) is 1.77. The first-order valence-corrected chi connectivity index (χ1v) is 7.60. The van der Waals surface area contributed by atoms with Gasteiger partial charge in [0, 0.05) is 23.1 Å². The monoisotopic (exact) mass is 293 g/mol. The fourth-order valence-electron chi connectivity index (χ4n) is 1.77. The van der Waals surface area contributed by atoms with Crippen molar-refractivity contribution in [3.63, 3.8) is 0 Å². The van der Waals surface area contributed by atoms with Crippen LogP contribution in [0.1, 0.15) is 39.3 Å². The zero-order valence-corrected chi connectivity index (χ0v) is 12.9. The minimum absolute atomic E-state index is 0.184. The van der Waals surface area contributed by atoms with Crippen molar-refractivity contribution in [3.8, 4) is 0 Å². The van der Waals surface area contributed by atoms with E-state index < -0.39 is 11.4 Å². The minimum atomic E-state index is -1.23. The molecule has 0 aliphatic carbocycles. The molecule has 2 heterocycles. The Morgan fingerprint density at radius 1 is 1.45 bits per heavy atom. The molecule has 0 spiro atoms. The van der Waals surface area contributed by atoms with Crippen LogP contribution in [0.15, 0.2) is 29.2 Å². The largest absolute Gasteiger partial charge is 0.598 e. The van der Waals surface area contributed by atoms with Crippen molar-refractivity contribution < 1.29 is 4.55 Å². The third-order valence-corrected chi connectivity index (χ3v) is 4.63. The molecular formula is C14H19N3O2S. The number of fused-ring (bicyclic) bond motifs is 1. The molecule has 2 N–H and O–H groups in total. The Morgan fingerprint density at radius 2 is 2.15 bits per heavy atom. The van der Waals surface area contributed by atoms with Crippen LogP contribution in [0.3, 0.4) is 0 Å². The van der Waals surface area contributed by atoms with E-state index in [2.05, 4.69) is 14.7 Å². The Hall–Kier alpha value is -1.37. The van der Waals surface area contributed by atoms with Crippen LogP contribution < -0.4 is 10.3 Å². The van der Waals surface area contributed by atoms with Crippen molar-refractivity contribution in [2.75, 3.05) is 0 Å². The Balaban J connectivity index is 2.33. The quantitative estimate of drug-likeness (QED) is 0.849. The lowest BCUT2D eigenvalue weighted by atomic mass is 10.1. The van der Waals surface area contributed by atoms with E-state index in [-0.39, 0.29) is 16.3 Å². The Labute approximate surface area is 121 Å². The van der Waals surface area contributed by atoms with E-state index in [1.807, 2.05) is 27.7 Å². The second-order valence-corrected chi connectivity index (χ2v) is 7.71. The average molecular weight is 293 g/mol. The molecule has 2 aromatic rings. The number of aromatic amines is 1. The SMILES string of the molecule is C[C@H](N[S@+]([O-])C(C)(C)C)c1cc2ncccc2[nH]c1=O. The van der Waals surface area contributed by atoms with Crippen LogP contribution in [0.5, 0.6) is 0 Å². The van der Waals surface area contributed by atoms with Crippen LogP contribution in [-0.2, 0) is 11.4 Å². The number of aromatic nitrogens is 2. The van der Waals surface area contributed by atoms with E-state index in [0.29, 0.717) is 11.1 Å². The summed E-state index contributed by atoms with van der Waals surface area (Å²) in [5.74, 6) is 0. The molecule has 0 saturated carbocycles. The highest BCUT2D eigenvalue weighted by molar-refractivity contribution is 7.90. The predicted molar refractivity (Wildman–Crippen MR) is 81.8 cm³/mol. The molecule has 2 rings (SSSR count). The number of H-pyrrole nitrogens is 1. The fourth-order valence-corrected chi connectivity index (χ4v) is 2.57. The summed E-state index contributed by atoms with van der Waals surface area (Å²) < 4.78 is 14.7. The van der Waals surface area contributed by atoms with Gasteiger partial charge in [-0.1, -0.05) is 0 Å². The molecule has 5 nitrogen and oxygen atoms in total. The Kier molecular flexibility index (Phi) is 4.17. The maximum absolute atomic E-state index is 12.1. The summed E-state index contributed by atoms with van der Waals surface area (Å²) in [6.45, 7) is 7.47. The van der Waals surface area contributed by atoms with Gasteiger partial charge in [0.15, 0.2) is 0 Å². The van der Waals surface area contributed by atoms with E-state index in [9.17, 15) is 9.35 Å². The number of nitrogens with zero attached hydrogens (tertiary/aromatic N) is 1. The molecule has 6 heteroatoms. The third-order valence-electron chi connectivity index (χ3n) is 2.95. The highest BCUT2D eigenvalue weighted by Crippen LogP contribution is 2.19. The zero-order valence-electron chi connectivity index (χ0n) is 12.1. The second-order valence-electron chi connectivity index (χ2n) is 5.71. The topological polar surface area (TPSA) is 80.8 Å². The molecule has 0 bridgehead atoms.